The molecule has 3 aliphatic rings. The Kier molecular flexibility index (Phi) is 12.6. The molecule has 2 atom stereocenters. The molecule has 2 aromatic carbocycles. The number of hydrogen-bond donors (Lipinski definition) is 1. The number of likely N-dealkylation sites (N-methyl/N-ethyl adjacent to an activating group) is 1. The van der Waals surface area contributed by atoms with Gasteiger partial charge in [-0.15, -0.1) is 0 Å². The Bertz CT molecular complexity index is 1280. The topological polar surface area (TPSA) is 89.6 Å². The molecule has 0 bridgehead atoms. The number of ether oxygens (including phenoxy) is 4. The molecule has 2 aromatic rings. The molecule has 0 aromatic heterocycles. The third kappa shape index (κ3) is 8.56. The van der Waals surface area contributed by atoms with E-state index in [1.54, 1.807) is 11.9 Å². The van der Waals surface area contributed by atoms with E-state index in [0.717, 1.165) is 56.2 Å². The van der Waals surface area contributed by atoms with Crippen molar-refractivity contribution in [3.63, 3.8) is 0 Å². The Balaban J connectivity index is 1.12. The first-order chi connectivity index (χ1) is 22.4. The van der Waals surface area contributed by atoms with Gasteiger partial charge in [-0.05, 0) is 48.8 Å². The van der Waals surface area contributed by atoms with Crippen molar-refractivity contribution in [2.75, 3.05) is 71.2 Å². The van der Waals surface area contributed by atoms with Gasteiger partial charge in [0.25, 0.3) is 0 Å². The van der Waals surface area contributed by atoms with Crippen LogP contribution in [0.4, 0.5) is 14.5 Å². The molecule has 252 valence electrons. The van der Waals surface area contributed by atoms with Crippen LogP contribution in [0.3, 0.4) is 0 Å². The summed E-state index contributed by atoms with van der Waals surface area (Å²) in [6.07, 6.45) is 5.78. The Hall–Kier alpha value is -2.80. The van der Waals surface area contributed by atoms with Crippen molar-refractivity contribution in [2.45, 2.75) is 62.9 Å². The summed E-state index contributed by atoms with van der Waals surface area (Å²) in [4.78, 5) is 29.4. The Morgan fingerprint density at radius 2 is 1.63 bits per heavy atom. The summed E-state index contributed by atoms with van der Waals surface area (Å²) in [5, 5.41) is 3.39. The highest BCUT2D eigenvalue weighted by Gasteiger charge is 2.52. The molecule has 5 rings (SSSR count). The lowest BCUT2D eigenvalue weighted by Crippen LogP contribution is -2.65. The van der Waals surface area contributed by atoms with Gasteiger partial charge in [0.2, 0.25) is 11.5 Å². The highest BCUT2D eigenvalue weighted by atomic mass is 19.2. The highest BCUT2D eigenvalue weighted by Crippen LogP contribution is 2.41. The molecule has 0 amide bonds. The van der Waals surface area contributed by atoms with Crippen LogP contribution in [0.2, 0.25) is 0 Å². The number of rotatable bonds is 17. The Labute approximate surface area is 270 Å². The van der Waals surface area contributed by atoms with E-state index in [0.29, 0.717) is 75.8 Å². The van der Waals surface area contributed by atoms with Crippen molar-refractivity contribution >= 4 is 17.8 Å². The largest absolute Gasteiger partial charge is 0.377 e. The molecule has 1 N–H and O–H groups in total. The van der Waals surface area contributed by atoms with E-state index in [4.69, 9.17) is 18.9 Å². The lowest BCUT2D eigenvalue weighted by molar-refractivity contribution is -0.149. The number of fused-ring (bicyclic) bond motifs is 1. The second kappa shape index (κ2) is 16.9. The summed E-state index contributed by atoms with van der Waals surface area (Å²) in [5.41, 5.74) is 0.650. The second-order valence-electron chi connectivity index (χ2n) is 12.5. The van der Waals surface area contributed by atoms with E-state index in [1.807, 2.05) is 30.3 Å². The van der Waals surface area contributed by atoms with Gasteiger partial charge in [-0.2, -0.15) is 0 Å². The molecule has 46 heavy (non-hydrogen) atoms. The van der Waals surface area contributed by atoms with E-state index >= 15 is 0 Å². The van der Waals surface area contributed by atoms with Crippen molar-refractivity contribution in [1.29, 1.82) is 0 Å². The SMILES string of the molecule is CN1c2cc(F)c(F)cc2CC1(OCCOCCOCCOCc1ccccc1)C(=O)C1CN(C2CCC(CC=O)CC2)CCN1. The molecule has 0 spiro atoms. The van der Waals surface area contributed by atoms with Crippen molar-refractivity contribution in [3.05, 3.63) is 65.2 Å². The molecule has 2 aliphatic heterocycles. The maximum Gasteiger partial charge on any atom is 0.206 e. The van der Waals surface area contributed by atoms with Crippen molar-refractivity contribution in [2.24, 2.45) is 5.92 Å². The number of ketones is 1. The summed E-state index contributed by atoms with van der Waals surface area (Å²) in [7, 11) is 1.70. The number of nitrogens with one attached hydrogen (secondary N) is 1. The fourth-order valence-electron chi connectivity index (χ4n) is 6.98. The molecule has 2 heterocycles. The van der Waals surface area contributed by atoms with Gasteiger partial charge in [0, 0.05) is 57.3 Å². The molecule has 9 nitrogen and oxygen atoms in total. The molecule has 2 unspecified atom stereocenters. The number of halogens is 2. The average Bonchev–Trinajstić information content (AvgIpc) is 3.35. The summed E-state index contributed by atoms with van der Waals surface area (Å²) < 4.78 is 51.8. The van der Waals surface area contributed by atoms with Crippen LogP contribution in [0.5, 0.6) is 0 Å². The highest BCUT2D eigenvalue weighted by molar-refractivity contribution is 5.97. The Morgan fingerprint density at radius 1 is 0.957 bits per heavy atom. The molecular formula is C35H47F2N3O6. The zero-order chi connectivity index (χ0) is 32.4. The van der Waals surface area contributed by atoms with Gasteiger partial charge in [0.05, 0.1) is 52.3 Å². The molecular weight excluding hydrogens is 596 g/mol. The predicted octanol–water partition coefficient (Wildman–Crippen LogP) is 3.91. The van der Waals surface area contributed by atoms with Crippen LogP contribution >= 0.6 is 0 Å². The fraction of sp³-hybridized carbons (Fsp3) is 0.600. The monoisotopic (exact) mass is 643 g/mol. The van der Waals surface area contributed by atoms with E-state index in [9.17, 15) is 18.4 Å². The minimum atomic E-state index is -1.43. The molecule has 1 saturated heterocycles. The number of carbonyl (C=O) groups excluding carboxylic acids is 2. The van der Waals surface area contributed by atoms with Crippen molar-refractivity contribution in [1.82, 2.24) is 10.2 Å². The fourth-order valence-corrected chi connectivity index (χ4v) is 6.98. The maximum absolute atomic E-state index is 14.4. The van der Waals surface area contributed by atoms with Gasteiger partial charge in [0.15, 0.2) is 11.6 Å². The molecule has 11 heteroatoms. The molecule has 0 radical (unpaired) electrons. The number of hydrogen-bond acceptors (Lipinski definition) is 9. The van der Waals surface area contributed by atoms with Gasteiger partial charge in [0.1, 0.15) is 6.29 Å². The summed E-state index contributed by atoms with van der Waals surface area (Å²) in [6, 6.07) is 12.1. The number of piperazine rings is 1. The van der Waals surface area contributed by atoms with E-state index < -0.39 is 23.4 Å². The smallest absolute Gasteiger partial charge is 0.206 e. The molecule has 1 saturated carbocycles. The van der Waals surface area contributed by atoms with Crippen LogP contribution in [0.1, 0.15) is 43.2 Å². The van der Waals surface area contributed by atoms with Crippen LogP contribution in [0.15, 0.2) is 42.5 Å². The van der Waals surface area contributed by atoms with E-state index in [1.165, 1.54) is 0 Å². The first-order valence-electron chi connectivity index (χ1n) is 16.5. The normalized spacial score (nSPS) is 25.0. The lowest BCUT2D eigenvalue weighted by atomic mass is 9.83. The first kappa shape index (κ1) is 34.5. The average molecular weight is 644 g/mol. The van der Waals surface area contributed by atoms with Gasteiger partial charge >= 0.3 is 0 Å². The summed E-state index contributed by atoms with van der Waals surface area (Å²) >= 11 is 0. The van der Waals surface area contributed by atoms with Crippen molar-refractivity contribution in [3.8, 4) is 0 Å². The number of Topliss-reactive ketones (excluding diaryl/α,β-unsaturated/α-hetero) is 1. The second-order valence-corrected chi connectivity index (χ2v) is 12.5. The minimum Gasteiger partial charge on any atom is -0.377 e. The first-order valence-corrected chi connectivity index (χ1v) is 16.5. The van der Waals surface area contributed by atoms with Gasteiger partial charge in [-0.1, -0.05) is 30.3 Å². The predicted molar refractivity (Wildman–Crippen MR) is 170 cm³/mol. The number of anilines is 1. The zero-order valence-corrected chi connectivity index (χ0v) is 26.8. The van der Waals surface area contributed by atoms with Crippen molar-refractivity contribution < 1.29 is 37.3 Å². The summed E-state index contributed by atoms with van der Waals surface area (Å²) in [5.74, 6) is -1.62. The maximum atomic E-state index is 14.4. The minimum absolute atomic E-state index is 0.107. The molecule has 2 fully saturated rings. The van der Waals surface area contributed by atoms with E-state index in [-0.39, 0.29) is 25.4 Å². The third-order valence-electron chi connectivity index (χ3n) is 9.55. The van der Waals surface area contributed by atoms with E-state index in [2.05, 4.69) is 10.2 Å². The van der Waals surface area contributed by atoms with Crippen LogP contribution in [0.25, 0.3) is 0 Å². The Morgan fingerprint density at radius 3 is 2.35 bits per heavy atom. The zero-order valence-electron chi connectivity index (χ0n) is 26.8. The van der Waals surface area contributed by atoms with Gasteiger partial charge in [-0.25, -0.2) is 8.78 Å². The lowest BCUT2D eigenvalue weighted by Gasteiger charge is -2.44. The number of carbonyl (C=O) groups is 2. The number of nitrogens with zero attached hydrogens (tertiary/aromatic N) is 2. The number of benzene rings is 2. The van der Waals surface area contributed by atoms with Gasteiger partial charge in [-0.3, -0.25) is 9.69 Å². The quantitative estimate of drug-likeness (QED) is 0.204. The third-order valence-corrected chi connectivity index (χ3v) is 9.55. The van der Waals surface area contributed by atoms with Crippen LogP contribution in [-0.2, 0) is 41.6 Å². The standard InChI is InChI=1S/C35H47F2N3O6/c1-39-33-22-31(37)30(36)21-28(33)23-35(39,46-20-19-44-16-15-43-17-18-45-25-27-5-3-2-4-6-27)34(42)32-24-40(13-12-38-32)29-9-7-26(8-10-29)11-14-41/h2-6,14,21-22,26,29,32,38H,7-13,15-20,23-25H2,1H3. The van der Waals surface area contributed by atoms with Crippen LogP contribution in [0, 0.1) is 17.6 Å². The number of aldehydes is 1. The molecule has 1 aliphatic carbocycles. The van der Waals surface area contributed by atoms with Crippen LogP contribution in [-0.4, -0.2) is 101 Å². The van der Waals surface area contributed by atoms with Gasteiger partial charge < -0.3 is 34.0 Å². The van der Waals surface area contributed by atoms with Crippen LogP contribution < -0.4 is 10.2 Å². The summed E-state index contributed by atoms with van der Waals surface area (Å²) in [6.45, 7) is 4.57.